The lowest BCUT2D eigenvalue weighted by Gasteiger charge is -2.28. The fourth-order valence-electron chi connectivity index (χ4n) is 4.08. The van der Waals surface area contributed by atoms with Crippen LogP contribution in [0.1, 0.15) is 41.9 Å². The summed E-state index contributed by atoms with van der Waals surface area (Å²) in [6, 6.07) is 3.68. The topological polar surface area (TPSA) is 71.6 Å². The van der Waals surface area contributed by atoms with Gasteiger partial charge in [-0.1, -0.05) is 15.9 Å². The molecule has 0 amide bonds. The molecule has 0 unspecified atom stereocenters. The van der Waals surface area contributed by atoms with Crippen LogP contribution in [0.15, 0.2) is 47.7 Å². The van der Waals surface area contributed by atoms with Gasteiger partial charge in [0.1, 0.15) is 0 Å². The summed E-state index contributed by atoms with van der Waals surface area (Å²) in [4.78, 5) is 29.2. The van der Waals surface area contributed by atoms with Gasteiger partial charge in [-0.05, 0) is 47.3 Å². The molecule has 4 heterocycles. The predicted molar refractivity (Wildman–Crippen MR) is 123 cm³/mol. The number of benzene rings is 1. The number of hydrogen-bond donors (Lipinski definition) is 0. The summed E-state index contributed by atoms with van der Waals surface area (Å²) >= 11 is 6.91. The van der Waals surface area contributed by atoms with E-state index in [0.29, 0.717) is 23.1 Å². The smallest absolute Gasteiger partial charge is 0.197 e. The highest BCUT2D eigenvalue weighted by molar-refractivity contribution is 9.11. The highest BCUT2D eigenvalue weighted by Gasteiger charge is 2.22. The van der Waals surface area contributed by atoms with Gasteiger partial charge < -0.3 is 4.42 Å². The van der Waals surface area contributed by atoms with Crippen molar-refractivity contribution >= 4 is 48.5 Å². The summed E-state index contributed by atoms with van der Waals surface area (Å²) in [7, 11) is 0. The molecule has 3 aromatic rings. The molecule has 2 aliphatic rings. The van der Waals surface area contributed by atoms with Gasteiger partial charge in [-0.15, -0.1) is 0 Å². The zero-order valence-electron chi connectivity index (χ0n) is 16.3. The van der Waals surface area contributed by atoms with Crippen LogP contribution in [0.2, 0.25) is 0 Å². The van der Waals surface area contributed by atoms with Crippen LogP contribution in [0.5, 0.6) is 0 Å². The number of aliphatic imine (C=N–C) groups is 1. The molecule has 0 saturated carbocycles. The summed E-state index contributed by atoms with van der Waals surface area (Å²) in [5.74, 6) is 0.785. The number of aromatic nitrogens is 2. The fourth-order valence-corrected chi connectivity index (χ4v) is 5.40. The highest BCUT2D eigenvalue weighted by atomic mass is 79.9. The lowest BCUT2D eigenvalue weighted by Crippen LogP contribution is -2.33. The van der Waals surface area contributed by atoms with Crippen LogP contribution in [-0.2, 0) is 19.5 Å². The van der Waals surface area contributed by atoms with Crippen LogP contribution in [-0.4, -0.2) is 33.7 Å². The molecule has 0 N–H and O–H groups in total. The van der Waals surface area contributed by atoms with Gasteiger partial charge >= 0.3 is 0 Å². The minimum atomic E-state index is 0.00551. The van der Waals surface area contributed by atoms with Gasteiger partial charge in [0.2, 0.25) is 0 Å². The van der Waals surface area contributed by atoms with E-state index in [2.05, 4.69) is 46.7 Å². The number of fused-ring (bicyclic) bond motifs is 2. The SMILES string of the molecule is O=c1c(CN2CCc3nc(C4=NCCCC4)ncc3C2)coc2c(Br)cc(Br)cc12. The molecule has 0 spiro atoms. The Balaban J connectivity index is 1.37. The minimum absolute atomic E-state index is 0.00551. The summed E-state index contributed by atoms with van der Waals surface area (Å²) in [6.07, 6.45) is 7.63. The molecule has 1 aromatic carbocycles. The van der Waals surface area contributed by atoms with Crippen LogP contribution in [0, 0.1) is 0 Å². The van der Waals surface area contributed by atoms with Gasteiger partial charge in [-0.25, -0.2) is 9.97 Å². The van der Waals surface area contributed by atoms with E-state index in [-0.39, 0.29) is 5.43 Å². The molecule has 6 nitrogen and oxygen atoms in total. The van der Waals surface area contributed by atoms with Crippen molar-refractivity contribution in [2.45, 2.75) is 38.8 Å². The number of hydrogen-bond acceptors (Lipinski definition) is 6. The van der Waals surface area contributed by atoms with Crippen molar-refractivity contribution in [3.05, 3.63) is 66.4 Å². The van der Waals surface area contributed by atoms with Gasteiger partial charge in [-0.2, -0.15) is 0 Å². The first-order valence-corrected chi connectivity index (χ1v) is 11.7. The Labute approximate surface area is 190 Å². The third-order valence-corrected chi connectivity index (χ3v) is 6.70. The molecular weight excluding hydrogens is 512 g/mol. The minimum Gasteiger partial charge on any atom is -0.463 e. The van der Waals surface area contributed by atoms with Crippen LogP contribution < -0.4 is 5.43 Å². The first kappa shape index (κ1) is 20.0. The van der Waals surface area contributed by atoms with Crippen molar-refractivity contribution in [3.8, 4) is 0 Å². The molecule has 0 fully saturated rings. The summed E-state index contributed by atoms with van der Waals surface area (Å²) in [6.45, 7) is 2.98. The van der Waals surface area contributed by atoms with Gasteiger partial charge in [0.25, 0.3) is 0 Å². The van der Waals surface area contributed by atoms with Gasteiger partial charge in [-0.3, -0.25) is 14.7 Å². The average Bonchev–Trinajstić information content (AvgIpc) is 2.76. The molecule has 30 heavy (non-hydrogen) atoms. The molecule has 0 aliphatic carbocycles. The van der Waals surface area contributed by atoms with Crippen LogP contribution in [0.25, 0.3) is 11.0 Å². The Morgan fingerprint density at radius 2 is 2.07 bits per heavy atom. The second-order valence-corrected chi connectivity index (χ2v) is 9.54. The summed E-state index contributed by atoms with van der Waals surface area (Å²) in [5, 5.41) is 0.576. The second kappa shape index (κ2) is 8.32. The standard InChI is InChI=1S/C22H20Br2N4O2/c23-15-7-16-20(29)14(12-30-21(16)17(24)8-15)11-28-6-4-18-13(10-28)9-26-22(27-18)19-3-1-2-5-25-19/h7-9,12H,1-6,10-11H2. The number of halogens is 2. The van der Waals surface area contributed by atoms with Crippen molar-refractivity contribution < 1.29 is 4.42 Å². The van der Waals surface area contributed by atoms with E-state index in [0.717, 1.165) is 77.1 Å². The third-order valence-electron chi connectivity index (χ3n) is 5.65. The Morgan fingerprint density at radius 1 is 1.17 bits per heavy atom. The van der Waals surface area contributed by atoms with Crippen molar-refractivity contribution in [1.29, 1.82) is 0 Å². The summed E-state index contributed by atoms with van der Waals surface area (Å²) < 4.78 is 7.37. The second-order valence-electron chi connectivity index (χ2n) is 7.77. The quantitative estimate of drug-likeness (QED) is 0.492. The molecule has 8 heteroatoms. The Hall–Kier alpha value is -1.90. The van der Waals surface area contributed by atoms with Gasteiger partial charge in [0.15, 0.2) is 16.8 Å². The number of rotatable bonds is 3. The molecule has 2 aromatic heterocycles. The largest absolute Gasteiger partial charge is 0.463 e. The average molecular weight is 532 g/mol. The molecule has 154 valence electrons. The lowest BCUT2D eigenvalue weighted by molar-refractivity contribution is 0.240. The molecule has 0 saturated heterocycles. The van der Waals surface area contributed by atoms with Gasteiger partial charge in [0, 0.05) is 54.4 Å². The molecule has 5 rings (SSSR count). The first-order chi connectivity index (χ1) is 14.6. The van der Waals surface area contributed by atoms with Crippen molar-refractivity contribution in [1.82, 2.24) is 14.9 Å². The van der Waals surface area contributed by atoms with Crippen LogP contribution in [0.3, 0.4) is 0 Å². The zero-order chi connectivity index (χ0) is 20.7. The maximum absolute atomic E-state index is 13.0. The molecule has 0 bridgehead atoms. The van der Waals surface area contributed by atoms with Crippen molar-refractivity contribution in [2.24, 2.45) is 4.99 Å². The van der Waals surface area contributed by atoms with Crippen molar-refractivity contribution in [3.63, 3.8) is 0 Å². The van der Waals surface area contributed by atoms with E-state index >= 15 is 0 Å². The van der Waals surface area contributed by atoms with E-state index in [1.54, 1.807) is 6.26 Å². The highest BCUT2D eigenvalue weighted by Crippen LogP contribution is 2.27. The number of nitrogens with zero attached hydrogens (tertiary/aromatic N) is 4. The first-order valence-electron chi connectivity index (χ1n) is 10.1. The predicted octanol–water partition coefficient (Wildman–Crippen LogP) is 4.64. The van der Waals surface area contributed by atoms with E-state index in [1.165, 1.54) is 0 Å². The normalized spacial score (nSPS) is 17.1. The lowest BCUT2D eigenvalue weighted by atomic mass is 10.0. The Bertz CT molecular complexity index is 1220. The van der Waals surface area contributed by atoms with E-state index in [1.807, 2.05) is 18.3 Å². The molecule has 0 radical (unpaired) electrons. The molecule has 0 atom stereocenters. The maximum Gasteiger partial charge on any atom is 0.197 e. The molecule has 2 aliphatic heterocycles. The molecular formula is C22H20Br2N4O2. The Morgan fingerprint density at radius 3 is 2.90 bits per heavy atom. The van der Waals surface area contributed by atoms with Crippen LogP contribution >= 0.6 is 31.9 Å². The van der Waals surface area contributed by atoms with Crippen LogP contribution in [0.4, 0.5) is 0 Å². The monoisotopic (exact) mass is 530 g/mol. The van der Waals surface area contributed by atoms with E-state index in [9.17, 15) is 4.79 Å². The van der Waals surface area contributed by atoms with Crippen molar-refractivity contribution in [2.75, 3.05) is 13.1 Å². The zero-order valence-corrected chi connectivity index (χ0v) is 19.5. The van der Waals surface area contributed by atoms with E-state index in [4.69, 9.17) is 9.40 Å². The Kier molecular flexibility index (Phi) is 5.56. The van der Waals surface area contributed by atoms with E-state index < -0.39 is 0 Å². The summed E-state index contributed by atoms with van der Waals surface area (Å²) in [5.41, 5.74) is 4.50. The maximum atomic E-state index is 13.0. The third kappa shape index (κ3) is 3.88. The van der Waals surface area contributed by atoms with Gasteiger partial charge in [0.05, 0.1) is 27.5 Å². The fraction of sp³-hybridized carbons (Fsp3) is 0.364.